The Morgan fingerprint density at radius 2 is 2.19 bits per heavy atom. The highest BCUT2D eigenvalue weighted by molar-refractivity contribution is 4.92. The number of aromatic amines is 1. The molecule has 1 aromatic heterocycles. The van der Waals surface area contributed by atoms with Gasteiger partial charge >= 0.3 is 5.69 Å². The zero-order valence-corrected chi connectivity index (χ0v) is 9.53. The Hall–Kier alpha value is -1.78. The first kappa shape index (κ1) is 12.3. The predicted molar refractivity (Wildman–Crippen MR) is 61.2 cm³/mol. The fraction of sp³-hybridized carbons (Fsp3) is 0.455. The molecule has 5 nitrogen and oxygen atoms in total. The number of nitrogens with zero attached hydrogens (tertiary/aromatic N) is 1. The van der Waals surface area contributed by atoms with E-state index in [0.29, 0.717) is 12.2 Å². The molecule has 0 saturated carbocycles. The fourth-order valence-electron chi connectivity index (χ4n) is 1.44. The van der Waals surface area contributed by atoms with Crippen LogP contribution in [0.2, 0.25) is 0 Å². The van der Waals surface area contributed by atoms with Crippen LogP contribution in [0.25, 0.3) is 0 Å². The largest absolute Gasteiger partial charge is 0.475 e. The summed E-state index contributed by atoms with van der Waals surface area (Å²) in [7, 11) is 0. The van der Waals surface area contributed by atoms with E-state index in [9.17, 15) is 9.59 Å². The molecule has 0 radical (unpaired) electrons. The van der Waals surface area contributed by atoms with Gasteiger partial charge in [-0.3, -0.25) is 14.3 Å². The summed E-state index contributed by atoms with van der Waals surface area (Å²) in [6.07, 6.45) is 2.57. The highest BCUT2D eigenvalue weighted by atomic mass is 16.5. The van der Waals surface area contributed by atoms with Crippen molar-refractivity contribution < 1.29 is 4.74 Å². The maximum Gasteiger partial charge on any atom is 0.331 e. The molecule has 1 atom stereocenters. The van der Waals surface area contributed by atoms with E-state index < -0.39 is 11.2 Å². The molecular formula is C11H16N2O3. The molecule has 0 spiro atoms. The summed E-state index contributed by atoms with van der Waals surface area (Å²) >= 11 is 0. The first-order chi connectivity index (χ1) is 7.66. The summed E-state index contributed by atoms with van der Waals surface area (Å²) in [4.78, 5) is 24.3. The van der Waals surface area contributed by atoms with Crippen molar-refractivity contribution >= 4 is 0 Å². The van der Waals surface area contributed by atoms with Crippen molar-refractivity contribution in [1.29, 1.82) is 0 Å². The van der Waals surface area contributed by atoms with E-state index in [1.54, 1.807) is 0 Å². The zero-order chi connectivity index (χ0) is 12.1. The summed E-state index contributed by atoms with van der Waals surface area (Å²) < 4.78 is 6.68. The number of ether oxygens (including phenoxy) is 1. The highest BCUT2D eigenvalue weighted by Gasteiger charge is 2.21. The van der Waals surface area contributed by atoms with Gasteiger partial charge in [0.2, 0.25) is 0 Å². The van der Waals surface area contributed by atoms with Gasteiger partial charge in [-0.25, -0.2) is 4.79 Å². The van der Waals surface area contributed by atoms with Gasteiger partial charge < -0.3 is 4.74 Å². The monoisotopic (exact) mass is 224 g/mol. The summed E-state index contributed by atoms with van der Waals surface area (Å²) in [6.45, 7) is 7.67. The minimum absolute atomic E-state index is 0.327. The normalized spacial score (nSPS) is 18.6. The standard InChI is InChI=1S/C9H10N2O3.C2H6/c1-6-2-3-8(14-6)11-5-4-7(12)10-9(11)13;1-2/h4-5,8H,1-3H2,(H,10,12,13);1-2H3. The summed E-state index contributed by atoms with van der Waals surface area (Å²) in [5, 5.41) is 0. The lowest BCUT2D eigenvalue weighted by atomic mass is 10.3. The molecule has 2 heterocycles. The molecule has 2 rings (SSSR count). The number of allylic oxidation sites excluding steroid dienone is 1. The van der Waals surface area contributed by atoms with E-state index in [-0.39, 0.29) is 6.23 Å². The second-order valence-corrected chi connectivity index (χ2v) is 3.17. The molecule has 5 heteroatoms. The van der Waals surface area contributed by atoms with Gasteiger partial charge in [0, 0.05) is 25.1 Å². The minimum Gasteiger partial charge on any atom is -0.475 e. The molecule has 16 heavy (non-hydrogen) atoms. The Morgan fingerprint density at radius 1 is 1.50 bits per heavy atom. The van der Waals surface area contributed by atoms with Crippen molar-refractivity contribution in [2.45, 2.75) is 32.9 Å². The van der Waals surface area contributed by atoms with Crippen LogP contribution < -0.4 is 11.2 Å². The maximum atomic E-state index is 11.3. The first-order valence-corrected chi connectivity index (χ1v) is 5.33. The topological polar surface area (TPSA) is 64.1 Å². The van der Waals surface area contributed by atoms with Gasteiger partial charge in [0.1, 0.15) is 0 Å². The van der Waals surface area contributed by atoms with Gasteiger partial charge in [0.15, 0.2) is 6.23 Å². The molecule has 1 aromatic rings. The van der Waals surface area contributed by atoms with Gasteiger partial charge in [0.25, 0.3) is 5.56 Å². The zero-order valence-electron chi connectivity index (χ0n) is 9.53. The van der Waals surface area contributed by atoms with E-state index in [4.69, 9.17) is 4.74 Å². The van der Waals surface area contributed by atoms with Crippen molar-refractivity contribution in [3.8, 4) is 0 Å². The molecule has 1 aliphatic rings. The lowest BCUT2D eigenvalue weighted by molar-refractivity contribution is 0.0938. The lowest BCUT2D eigenvalue weighted by Gasteiger charge is -2.12. The van der Waals surface area contributed by atoms with Crippen LogP contribution in [0.5, 0.6) is 0 Å². The average molecular weight is 224 g/mol. The van der Waals surface area contributed by atoms with Crippen molar-refractivity contribution in [3.05, 3.63) is 45.4 Å². The van der Waals surface area contributed by atoms with Crippen LogP contribution in [0, 0.1) is 0 Å². The highest BCUT2D eigenvalue weighted by Crippen LogP contribution is 2.27. The minimum atomic E-state index is -0.447. The first-order valence-electron chi connectivity index (χ1n) is 5.33. The van der Waals surface area contributed by atoms with Crippen LogP contribution >= 0.6 is 0 Å². The number of hydrogen-bond donors (Lipinski definition) is 1. The summed E-state index contributed by atoms with van der Waals surface area (Å²) in [5.74, 6) is 0.674. The van der Waals surface area contributed by atoms with E-state index in [2.05, 4.69) is 11.6 Å². The molecular weight excluding hydrogens is 208 g/mol. The van der Waals surface area contributed by atoms with E-state index in [1.165, 1.54) is 16.8 Å². The Morgan fingerprint density at radius 3 is 2.69 bits per heavy atom. The predicted octanol–water partition coefficient (Wildman–Crippen LogP) is 1.39. The second kappa shape index (κ2) is 5.34. The number of rotatable bonds is 1. The molecule has 0 aromatic carbocycles. The van der Waals surface area contributed by atoms with E-state index in [0.717, 1.165) is 6.42 Å². The molecule has 1 unspecified atom stereocenters. The van der Waals surface area contributed by atoms with Crippen LogP contribution in [0.15, 0.2) is 34.2 Å². The third kappa shape index (κ3) is 2.62. The van der Waals surface area contributed by atoms with Gasteiger partial charge in [-0.15, -0.1) is 0 Å². The third-order valence-electron chi connectivity index (χ3n) is 2.13. The van der Waals surface area contributed by atoms with Crippen LogP contribution in [0.1, 0.15) is 32.9 Å². The molecule has 88 valence electrons. The molecule has 1 fully saturated rings. The molecule has 1 saturated heterocycles. The average Bonchev–Trinajstić information content (AvgIpc) is 2.68. The molecule has 1 N–H and O–H groups in total. The molecule has 0 amide bonds. The molecule has 0 bridgehead atoms. The van der Waals surface area contributed by atoms with E-state index >= 15 is 0 Å². The Labute approximate surface area is 93.4 Å². The third-order valence-corrected chi connectivity index (χ3v) is 2.13. The molecule has 0 aliphatic carbocycles. The maximum absolute atomic E-state index is 11.3. The number of aromatic nitrogens is 2. The van der Waals surface area contributed by atoms with Crippen LogP contribution in [-0.4, -0.2) is 9.55 Å². The lowest BCUT2D eigenvalue weighted by Crippen LogP contribution is -2.31. The van der Waals surface area contributed by atoms with Crippen LogP contribution in [-0.2, 0) is 4.74 Å². The van der Waals surface area contributed by atoms with Crippen molar-refractivity contribution in [2.24, 2.45) is 0 Å². The van der Waals surface area contributed by atoms with Gasteiger partial charge in [0.05, 0.1) is 5.76 Å². The van der Waals surface area contributed by atoms with Gasteiger partial charge in [-0.2, -0.15) is 0 Å². The second-order valence-electron chi connectivity index (χ2n) is 3.17. The van der Waals surface area contributed by atoms with Crippen molar-refractivity contribution in [3.63, 3.8) is 0 Å². The van der Waals surface area contributed by atoms with Gasteiger partial charge in [-0.1, -0.05) is 20.4 Å². The van der Waals surface area contributed by atoms with Crippen LogP contribution in [0.4, 0.5) is 0 Å². The van der Waals surface area contributed by atoms with Crippen molar-refractivity contribution in [2.75, 3.05) is 0 Å². The Kier molecular flexibility index (Phi) is 4.10. The molecule has 1 aliphatic heterocycles. The quantitative estimate of drug-likeness (QED) is 0.783. The van der Waals surface area contributed by atoms with E-state index in [1.807, 2.05) is 13.8 Å². The smallest absolute Gasteiger partial charge is 0.331 e. The number of nitrogens with one attached hydrogen (secondary N) is 1. The van der Waals surface area contributed by atoms with Crippen molar-refractivity contribution in [1.82, 2.24) is 9.55 Å². The Balaban J connectivity index is 0.000000606. The number of hydrogen-bond acceptors (Lipinski definition) is 3. The Bertz CT molecular complexity index is 473. The SMILES string of the molecule is C=C1CCC(n2ccc(=O)[nH]c2=O)O1.CC. The summed E-state index contributed by atoms with van der Waals surface area (Å²) in [6, 6.07) is 1.30. The summed E-state index contributed by atoms with van der Waals surface area (Å²) in [5.41, 5.74) is -0.847. The fourth-order valence-corrected chi connectivity index (χ4v) is 1.44. The van der Waals surface area contributed by atoms with Crippen LogP contribution in [0.3, 0.4) is 0 Å². The van der Waals surface area contributed by atoms with Gasteiger partial charge in [-0.05, 0) is 0 Å². The number of H-pyrrole nitrogens is 1.